The zero-order valence-electron chi connectivity index (χ0n) is 15.3. The molecule has 0 saturated carbocycles. The highest BCUT2D eigenvalue weighted by atomic mass is 16.5. The maximum Gasteiger partial charge on any atom is 0.233 e. The Morgan fingerprint density at radius 3 is 2.64 bits per heavy atom. The Morgan fingerprint density at radius 2 is 1.92 bits per heavy atom. The van der Waals surface area contributed by atoms with Gasteiger partial charge in [0.05, 0.1) is 13.7 Å². The van der Waals surface area contributed by atoms with Crippen molar-refractivity contribution in [3.05, 3.63) is 65.2 Å². The molecule has 0 spiro atoms. The minimum Gasteiger partial charge on any atom is -0.496 e. The molecule has 0 heterocycles. The van der Waals surface area contributed by atoms with Crippen molar-refractivity contribution < 1.29 is 9.53 Å². The van der Waals surface area contributed by atoms with Crippen LogP contribution >= 0.6 is 0 Å². The second kappa shape index (κ2) is 9.84. The van der Waals surface area contributed by atoms with Crippen molar-refractivity contribution in [3.63, 3.8) is 0 Å². The van der Waals surface area contributed by atoms with Crippen LogP contribution in [0.25, 0.3) is 0 Å². The first-order valence-corrected chi connectivity index (χ1v) is 8.78. The lowest BCUT2D eigenvalue weighted by molar-refractivity contribution is -0.120. The minimum atomic E-state index is 0.0199. The number of amides is 1. The molecule has 0 aliphatic heterocycles. The van der Waals surface area contributed by atoms with Crippen molar-refractivity contribution in [3.8, 4) is 5.75 Å². The molecule has 2 rings (SSSR count). The van der Waals surface area contributed by atoms with E-state index < -0.39 is 0 Å². The van der Waals surface area contributed by atoms with Gasteiger partial charge in [-0.15, -0.1) is 0 Å². The Bertz CT molecular complexity index is 671. The predicted octanol–water partition coefficient (Wildman–Crippen LogP) is 3.40. The van der Waals surface area contributed by atoms with Crippen molar-refractivity contribution in [2.24, 2.45) is 0 Å². The molecule has 0 saturated heterocycles. The van der Waals surface area contributed by atoms with Gasteiger partial charge in [-0.1, -0.05) is 48.0 Å². The monoisotopic (exact) mass is 340 g/mol. The van der Waals surface area contributed by atoms with Crippen molar-refractivity contribution >= 4 is 5.91 Å². The number of nitrogens with one attached hydrogen (secondary N) is 2. The average Bonchev–Trinajstić information content (AvgIpc) is 2.64. The molecule has 1 amide bonds. The number of carbonyl (C=O) groups is 1. The topological polar surface area (TPSA) is 50.4 Å². The van der Waals surface area contributed by atoms with E-state index in [4.69, 9.17) is 4.74 Å². The largest absolute Gasteiger partial charge is 0.496 e. The molecule has 2 aromatic rings. The summed E-state index contributed by atoms with van der Waals surface area (Å²) in [5.41, 5.74) is 3.55. The van der Waals surface area contributed by atoms with E-state index in [0.717, 1.165) is 24.2 Å². The highest BCUT2D eigenvalue weighted by Crippen LogP contribution is 2.25. The third kappa shape index (κ3) is 6.24. The molecule has 0 aromatic heterocycles. The smallest absolute Gasteiger partial charge is 0.233 e. The first-order chi connectivity index (χ1) is 12.1. The average molecular weight is 340 g/mol. The van der Waals surface area contributed by atoms with E-state index in [9.17, 15) is 4.79 Å². The van der Waals surface area contributed by atoms with Gasteiger partial charge in [-0.05, 0) is 38.3 Å². The fourth-order valence-electron chi connectivity index (χ4n) is 2.78. The Labute approximate surface area is 150 Å². The van der Waals surface area contributed by atoms with E-state index in [1.807, 2.05) is 37.3 Å². The molecule has 4 nitrogen and oxygen atoms in total. The van der Waals surface area contributed by atoms with Crippen LogP contribution in [0.4, 0.5) is 0 Å². The van der Waals surface area contributed by atoms with E-state index in [-0.39, 0.29) is 11.9 Å². The number of rotatable bonds is 9. The van der Waals surface area contributed by atoms with Gasteiger partial charge in [-0.25, -0.2) is 0 Å². The molecule has 2 aromatic carbocycles. The van der Waals surface area contributed by atoms with Crippen LogP contribution in [0, 0.1) is 6.92 Å². The maximum atomic E-state index is 12.0. The fraction of sp³-hybridized carbons (Fsp3) is 0.381. The first-order valence-electron chi connectivity index (χ1n) is 8.78. The summed E-state index contributed by atoms with van der Waals surface area (Å²) in [6.45, 7) is 5.08. The number of benzene rings is 2. The zero-order chi connectivity index (χ0) is 18.1. The molecule has 25 heavy (non-hydrogen) atoms. The normalized spacial score (nSPS) is 11.8. The van der Waals surface area contributed by atoms with Gasteiger partial charge in [0.25, 0.3) is 0 Å². The van der Waals surface area contributed by atoms with Crippen LogP contribution in [-0.2, 0) is 11.2 Å². The van der Waals surface area contributed by atoms with Gasteiger partial charge in [-0.2, -0.15) is 0 Å². The summed E-state index contributed by atoms with van der Waals surface area (Å²) in [5.74, 6) is 0.861. The second-order valence-electron chi connectivity index (χ2n) is 6.29. The van der Waals surface area contributed by atoms with Crippen molar-refractivity contribution in [1.29, 1.82) is 0 Å². The van der Waals surface area contributed by atoms with Crippen LogP contribution in [0.15, 0.2) is 48.5 Å². The van der Waals surface area contributed by atoms with Gasteiger partial charge in [0.15, 0.2) is 0 Å². The second-order valence-corrected chi connectivity index (χ2v) is 6.29. The Kier molecular flexibility index (Phi) is 7.48. The lowest BCUT2D eigenvalue weighted by Crippen LogP contribution is -2.35. The van der Waals surface area contributed by atoms with Crippen LogP contribution in [0.3, 0.4) is 0 Å². The third-order valence-electron chi connectivity index (χ3n) is 4.23. The summed E-state index contributed by atoms with van der Waals surface area (Å²) in [6.07, 6.45) is 1.92. The molecule has 1 atom stereocenters. The van der Waals surface area contributed by atoms with Gasteiger partial charge in [0.1, 0.15) is 5.75 Å². The number of aryl methyl sites for hydroxylation is 2. The van der Waals surface area contributed by atoms with Crippen molar-refractivity contribution in [2.45, 2.75) is 32.7 Å². The molecule has 0 aliphatic carbocycles. The molecule has 2 N–H and O–H groups in total. The lowest BCUT2D eigenvalue weighted by atomic mass is 10.0. The highest BCUT2D eigenvalue weighted by molar-refractivity contribution is 5.78. The van der Waals surface area contributed by atoms with E-state index in [1.54, 1.807) is 7.11 Å². The summed E-state index contributed by atoms with van der Waals surface area (Å²) in [7, 11) is 1.67. The third-order valence-corrected chi connectivity index (χ3v) is 4.23. The van der Waals surface area contributed by atoms with E-state index in [0.29, 0.717) is 13.1 Å². The number of hydrogen-bond acceptors (Lipinski definition) is 3. The predicted molar refractivity (Wildman–Crippen MR) is 102 cm³/mol. The van der Waals surface area contributed by atoms with Gasteiger partial charge in [0, 0.05) is 18.2 Å². The molecule has 1 unspecified atom stereocenters. The molecule has 0 radical (unpaired) electrons. The minimum absolute atomic E-state index is 0.0199. The van der Waals surface area contributed by atoms with Gasteiger partial charge < -0.3 is 15.4 Å². The summed E-state index contributed by atoms with van der Waals surface area (Å²) in [4.78, 5) is 12.0. The molecular weight excluding hydrogens is 312 g/mol. The van der Waals surface area contributed by atoms with Crippen LogP contribution < -0.4 is 15.4 Å². The molecular formula is C21H28N2O2. The number of ether oxygens (including phenoxy) is 1. The summed E-state index contributed by atoms with van der Waals surface area (Å²) >= 11 is 0. The maximum absolute atomic E-state index is 12.0. The first kappa shape index (κ1) is 19.0. The molecule has 0 fully saturated rings. The molecule has 134 valence electrons. The molecule has 4 heteroatoms. The van der Waals surface area contributed by atoms with Crippen LogP contribution in [-0.4, -0.2) is 26.1 Å². The number of carbonyl (C=O) groups excluding carboxylic acids is 1. The number of hydrogen-bond donors (Lipinski definition) is 2. The molecule has 0 aliphatic rings. The Hall–Kier alpha value is -2.33. The zero-order valence-corrected chi connectivity index (χ0v) is 15.3. The highest BCUT2D eigenvalue weighted by Gasteiger charge is 2.12. The number of methoxy groups -OCH3 is 1. The van der Waals surface area contributed by atoms with Crippen LogP contribution in [0.1, 0.15) is 36.1 Å². The molecule has 0 bridgehead atoms. The van der Waals surface area contributed by atoms with E-state index >= 15 is 0 Å². The summed E-state index contributed by atoms with van der Waals surface area (Å²) in [6, 6.07) is 16.4. The Morgan fingerprint density at radius 1 is 1.16 bits per heavy atom. The fourth-order valence-corrected chi connectivity index (χ4v) is 2.78. The van der Waals surface area contributed by atoms with Crippen molar-refractivity contribution in [2.75, 3.05) is 20.2 Å². The van der Waals surface area contributed by atoms with Crippen LogP contribution in [0.2, 0.25) is 0 Å². The SMILES string of the molecule is COc1ccc(C)cc1C(C)NCC(=O)NCCCc1ccccc1. The van der Waals surface area contributed by atoms with E-state index in [1.165, 1.54) is 11.1 Å². The summed E-state index contributed by atoms with van der Waals surface area (Å²) < 4.78 is 5.41. The van der Waals surface area contributed by atoms with Gasteiger partial charge in [0.2, 0.25) is 5.91 Å². The van der Waals surface area contributed by atoms with Gasteiger partial charge >= 0.3 is 0 Å². The van der Waals surface area contributed by atoms with Gasteiger partial charge in [-0.3, -0.25) is 4.79 Å². The quantitative estimate of drug-likeness (QED) is 0.688. The lowest BCUT2D eigenvalue weighted by Gasteiger charge is -2.18. The van der Waals surface area contributed by atoms with Crippen molar-refractivity contribution in [1.82, 2.24) is 10.6 Å². The standard InChI is InChI=1S/C21H28N2O2/c1-16-11-12-20(25-3)19(14-16)17(2)23-15-21(24)22-13-7-10-18-8-5-4-6-9-18/h4-6,8-9,11-12,14,17,23H,7,10,13,15H2,1-3H3,(H,22,24). The summed E-state index contributed by atoms with van der Waals surface area (Å²) in [5, 5.41) is 6.23. The van der Waals surface area contributed by atoms with E-state index in [2.05, 4.69) is 35.8 Å². The van der Waals surface area contributed by atoms with Crippen LogP contribution in [0.5, 0.6) is 5.75 Å². The Balaban J connectivity index is 1.71.